The summed E-state index contributed by atoms with van der Waals surface area (Å²) in [6, 6.07) is 0. The third kappa shape index (κ3) is 0.720. The van der Waals surface area contributed by atoms with Crippen LogP contribution in [-0.4, -0.2) is 28.0 Å². The molecule has 3 nitrogen and oxygen atoms in total. The van der Waals surface area contributed by atoms with Crippen LogP contribution in [0, 0.1) is 5.92 Å². The molecule has 4 heteroatoms. The second-order valence-corrected chi connectivity index (χ2v) is 8.39. The van der Waals surface area contributed by atoms with Gasteiger partial charge in [-0.05, 0) is 25.4 Å². The molecule has 1 aliphatic heterocycles. The first-order valence-corrected chi connectivity index (χ1v) is 7.18. The molecule has 0 N–H and O–H groups in total. The van der Waals surface area contributed by atoms with Gasteiger partial charge in [-0.1, -0.05) is 0 Å². The summed E-state index contributed by atoms with van der Waals surface area (Å²) in [7, 11) is -0.311. The van der Waals surface area contributed by atoms with E-state index in [9.17, 15) is 4.79 Å². The summed E-state index contributed by atoms with van der Waals surface area (Å²) in [5, 5.41) is -0.179. The third-order valence-corrected chi connectivity index (χ3v) is 7.23. The van der Waals surface area contributed by atoms with E-state index >= 15 is 0 Å². The molecule has 2 rings (SSSR count). The van der Waals surface area contributed by atoms with E-state index in [1.165, 1.54) is 7.11 Å². The predicted octanol–water partition coefficient (Wildman–Crippen LogP) is 1.15. The molecule has 12 heavy (non-hydrogen) atoms. The fraction of sp³-hybridized carbons (Fsp3) is 0.875. The molecular formula is C8H14O3Si. The number of methoxy groups -OCH3 is 1. The normalized spacial score (nSPS) is 42.1. The second-order valence-electron chi connectivity index (χ2n) is 4.19. The SMILES string of the molecule is COC(=O)C12CC1CO[Si]2(C)C. The van der Waals surface area contributed by atoms with Crippen LogP contribution in [0.1, 0.15) is 6.42 Å². The van der Waals surface area contributed by atoms with Crippen molar-refractivity contribution in [2.24, 2.45) is 5.92 Å². The molecule has 0 spiro atoms. The summed E-state index contributed by atoms with van der Waals surface area (Å²) in [6.07, 6.45) is 0.999. The minimum atomic E-state index is -1.78. The van der Waals surface area contributed by atoms with Gasteiger partial charge in [0.1, 0.15) is 0 Å². The van der Waals surface area contributed by atoms with Gasteiger partial charge in [0.05, 0.1) is 12.1 Å². The maximum absolute atomic E-state index is 11.5. The van der Waals surface area contributed by atoms with E-state index in [-0.39, 0.29) is 11.0 Å². The van der Waals surface area contributed by atoms with Gasteiger partial charge in [0, 0.05) is 6.61 Å². The zero-order valence-electron chi connectivity index (χ0n) is 7.72. The Morgan fingerprint density at radius 3 is 2.67 bits per heavy atom. The average Bonchev–Trinajstić information content (AvgIpc) is 2.70. The van der Waals surface area contributed by atoms with Gasteiger partial charge >= 0.3 is 5.97 Å². The van der Waals surface area contributed by atoms with Gasteiger partial charge < -0.3 is 9.16 Å². The molecule has 2 aliphatic rings. The third-order valence-electron chi connectivity index (χ3n) is 3.37. The minimum absolute atomic E-state index is 0.0401. The van der Waals surface area contributed by atoms with Crippen LogP contribution < -0.4 is 0 Å². The van der Waals surface area contributed by atoms with Gasteiger partial charge in [0.25, 0.3) is 0 Å². The molecule has 2 atom stereocenters. The van der Waals surface area contributed by atoms with E-state index in [0.29, 0.717) is 5.92 Å². The lowest BCUT2D eigenvalue weighted by molar-refractivity contribution is -0.141. The Hall–Kier alpha value is -0.353. The summed E-state index contributed by atoms with van der Waals surface area (Å²) in [4.78, 5) is 11.5. The highest BCUT2D eigenvalue weighted by Gasteiger charge is 2.75. The Morgan fingerprint density at radius 1 is 1.67 bits per heavy atom. The molecule has 1 aliphatic carbocycles. The number of hydrogen-bond acceptors (Lipinski definition) is 3. The van der Waals surface area contributed by atoms with Gasteiger partial charge in [-0.15, -0.1) is 0 Å². The van der Waals surface area contributed by atoms with Crippen LogP contribution >= 0.6 is 0 Å². The molecular weight excluding hydrogens is 172 g/mol. The van der Waals surface area contributed by atoms with Gasteiger partial charge in [-0.3, -0.25) is 4.79 Å². The fourth-order valence-corrected chi connectivity index (χ4v) is 5.66. The van der Waals surface area contributed by atoms with Crippen molar-refractivity contribution in [2.75, 3.05) is 13.7 Å². The Kier molecular flexibility index (Phi) is 1.45. The maximum Gasteiger partial charge on any atom is 0.311 e. The van der Waals surface area contributed by atoms with Gasteiger partial charge in [0.15, 0.2) is 0 Å². The van der Waals surface area contributed by atoms with E-state index in [4.69, 9.17) is 9.16 Å². The van der Waals surface area contributed by atoms with Crippen LogP contribution in [0.2, 0.25) is 18.1 Å². The number of esters is 1. The monoisotopic (exact) mass is 186 g/mol. The molecule has 0 bridgehead atoms. The van der Waals surface area contributed by atoms with Crippen molar-refractivity contribution in [2.45, 2.75) is 24.6 Å². The number of rotatable bonds is 1. The summed E-state index contributed by atoms with van der Waals surface area (Å²) in [6.45, 7) is 4.99. The lowest BCUT2D eigenvalue weighted by Crippen LogP contribution is -2.39. The fourth-order valence-electron chi connectivity index (χ4n) is 2.38. The van der Waals surface area contributed by atoms with Crippen LogP contribution in [-0.2, 0) is 14.0 Å². The van der Waals surface area contributed by atoms with Crippen molar-refractivity contribution in [3.63, 3.8) is 0 Å². The molecule has 0 aromatic carbocycles. The first-order valence-electron chi connectivity index (χ1n) is 4.27. The van der Waals surface area contributed by atoms with Gasteiger partial charge in [-0.2, -0.15) is 0 Å². The Bertz CT molecular complexity index is 238. The first kappa shape index (κ1) is 8.25. The average molecular weight is 186 g/mol. The zero-order valence-corrected chi connectivity index (χ0v) is 8.72. The van der Waals surface area contributed by atoms with Gasteiger partial charge in [-0.25, -0.2) is 0 Å². The molecule has 1 saturated carbocycles. The molecule has 2 unspecified atom stereocenters. The number of carbonyl (C=O) groups excluding carboxylic acids is 1. The Morgan fingerprint density at radius 2 is 2.33 bits per heavy atom. The highest BCUT2D eigenvalue weighted by atomic mass is 28.4. The van der Waals surface area contributed by atoms with E-state index in [0.717, 1.165) is 13.0 Å². The molecule has 68 valence electrons. The molecule has 2 fully saturated rings. The van der Waals surface area contributed by atoms with Crippen LogP contribution in [0.25, 0.3) is 0 Å². The Labute approximate surface area is 73.2 Å². The van der Waals surface area contributed by atoms with Crippen molar-refractivity contribution >= 4 is 14.3 Å². The van der Waals surface area contributed by atoms with E-state index in [1.807, 2.05) is 0 Å². The molecule has 1 saturated heterocycles. The number of ether oxygens (including phenoxy) is 1. The summed E-state index contributed by atoms with van der Waals surface area (Å²) >= 11 is 0. The van der Waals surface area contributed by atoms with Gasteiger partial charge in [0.2, 0.25) is 8.32 Å². The van der Waals surface area contributed by atoms with Crippen molar-refractivity contribution < 1.29 is 14.0 Å². The Balaban J connectivity index is 2.28. The van der Waals surface area contributed by atoms with Crippen LogP contribution in [0.3, 0.4) is 0 Å². The number of carbonyl (C=O) groups is 1. The topological polar surface area (TPSA) is 35.5 Å². The van der Waals surface area contributed by atoms with E-state index in [1.54, 1.807) is 0 Å². The molecule has 0 aromatic heterocycles. The molecule has 0 amide bonds. The quantitative estimate of drug-likeness (QED) is 0.455. The minimum Gasteiger partial charge on any atom is -0.469 e. The molecule has 1 heterocycles. The van der Waals surface area contributed by atoms with Crippen molar-refractivity contribution in [3.8, 4) is 0 Å². The predicted molar refractivity (Wildman–Crippen MR) is 46.3 cm³/mol. The van der Waals surface area contributed by atoms with Crippen molar-refractivity contribution in [3.05, 3.63) is 0 Å². The highest BCUT2D eigenvalue weighted by Crippen LogP contribution is 2.70. The second kappa shape index (κ2) is 2.11. The number of hydrogen-bond donors (Lipinski definition) is 0. The van der Waals surface area contributed by atoms with Crippen molar-refractivity contribution in [1.29, 1.82) is 0 Å². The van der Waals surface area contributed by atoms with Crippen molar-refractivity contribution in [1.82, 2.24) is 0 Å². The first-order chi connectivity index (χ1) is 5.54. The lowest BCUT2D eigenvalue weighted by Gasteiger charge is -2.24. The largest absolute Gasteiger partial charge is 0.469 e. The number of fused-ring (bicyclic) bond motifs is 1. The lowest BCUT2D eigenvalue weighted by atomic mass is 10.3. The molecule has 0 aromatic rings. The van der Waals surface area contributed by atoms with Crippen LogP contribution in [0.4, 0.5) is 0 Å². The summed E-state index contributed by atoms with van der Waals surface area (Å²) < 4.78 is 10.5. The van der Waals surface area contributed by atoms with Crippen LogP contribution in [0.5, 0.6) is 0 Å². The summed E-state index contributed by atoms with van der Waals surface area (Å²) in [5.41, 5.74) is 0. The van der Waals surface area contributed by atoms with Crippen LogP contribution in [0.15, 0.2) is 0 Å². The van der Waals surface area contributed by atoms with E-state index < -0.39 is 8.32 Å². The zero-order chi connectivity index (χ0) is 8.98. The molecule has 0 radical (unpaired) electrons. The van der Waals surface area contributed by atoms with E-state index in [2.05, 4.69) is 13.1 Å². The highest BCUT2D eigenvalue weighted by molar-refractivity contribution is 6.79. The maximum atomic E-state index is 11.5. The standard InChI is InChI=1S/C8H14O3Si/c1-10-7(9)8-4-6(8)5-11-12(8,2)3/h6H,4-5H2,1-3H3. The summed E-state index contributed by atoms with van der Waals surface area (Å²) in [5.74, 6) is 0.424. The smallest absolute Gasteiger partial charge is 0.311 e.